The van der Waals surface area contributed by atoms with Crippen LogP contribution in [0.4, 0.5) is 5.69 Å². The van der Waals surface area contributed by atoms with Crippen molar-refractivity contribution in [3.63, 3.8) is 0 Å². The Morgan fingerprint density at radius 2 is 1.90 bits per heavy atom. The normalized spacial score (nSPS) is 11.4. The van der Waals surface area contributed by atoms with Gasteiger partial charge in [-0.1, -0.05) is 53.5 Å². The maximum atomic E-state index is 13.1. The molecule has 29 heavy (non-hydrogen) atoms. The van der Waals surface area contributed by atoms with Gasteiger partial charge in [-0.25, -0.2) is 0 Å². The molecule has 0 unspecified atom stereocenters. The topological polar surface area (TPSA) is 85.8 Å². The minimum atomic E-state index is -0.491. The lowest BCUT2D eigenvalue weighted by atomic mass is 10.2. The molecular weight excluding hydrogens is 413 g/mol. The van der Waals surface area contributed by atoms with Crippen molar-refractivity contribution in [2.24, 2.45) is 0 Å². The van der Waals surface area contributed by atoms with Crippen LogP contribution in [0.1, 0.15) is 5.76 Å². The van der Waals surface area contributed by atoms with Crippen molar-refractivity contribution in [2.45, 2.75) is 0 Å². The number of aromatic nitrogens is 4. The first-order valence-corrected chi connectivity index (χ1v) is 9.23. The number of carbonyl (C=O) groups is 1. The van der Waals surface area contributed by atoms with Gasteiger partial charge in [0, 0.05) is 16.7 Å². The molecule has 0 bridgehead atoms. The molecule has 1 N–H and O–H groups in total. The van der Waals surface area contributed by atoms with Crippen molar-refractivity contribution in [1.82, 2.24) is 20.2 Å². The Hall–Kier alpha value is -3.42. The minimum Gasteiger partial charge on any atom is -0.465 e. The number of rotatable bonds is 5. The lowest BCUT2D eigenvalue weighted by molar-refractivity contribution is -0.111. The molecule has 0 radical (unpaired) electrons. The lowest BCUT2D eigenvalue weighted by Gasteiger charge is -2.11. The smallest absolute Gasteiger partial charge is 0.274 e. The number of nitrogens with zero attached hydrogens (tertiary/aromatic N) is 4. The van der Waals surface area contributed by atoms with Gasteiger partial charge in [-0.2, -0.15) is 4.68 Å². The van der Waals surface area contributed by atoms with Crippen molar-refractivity contribution < 1.29 is 9.21 Å². The summed E-state index contributed by atoms with van der Waals surface area (Å²) >= 11 is 12.2. The van der Waals surface area contributed by atoms with Crippen LogP contribution in [0.5, 0.6) is 0 Å². The van der Waals surface area contributed by atoms with Crippen LogP contribution in [0, 0.1) is 0 Å². The number of hydrogen-bond donors (Lipinski definition) is 1. The van der Waals surface area contributed by atoms with Crippen LogP contribution in [-0.4, -0.2) is 26.1 Å². The van der Waals surface area contributed by atoms with Crippen LogP contribution >= 0.6 is 23.2 Å². The molecule has 2 aromatic heterocycles. The molecule has 0 saturated heterocycles. The van der Waals surface area contributed by atoms with E-state index in [2.05, 4.69) is 20.8 Å². The van der Waals surface area contributed by atoms with Crippen LogP contribution in [0.2, 0.25) is 10.0 Å². The first-order valence-electron chi connectivity index (χ1n) is 8.47. The maximum absolute atomic E-state index is 13.1. The molecule has 1 amide bonds. The lowest BCUT2D eigenvalue weighted by Crippen LogP contribution is -2.19. The van der Waals surface area contributed by atoms with Gasteiger partial charge in [-0.15, -0.1) is 5.10 Å². The van der Waals surface area contributed by atoms with Crippen molar-refractivity contribution in [3.8, 4) is 11.4 Å². The number of tetrazole rings is 1. The number of benzene rings is 2. The van der Waals surface area contributed by atoms with Gasteiger partial charge < -0.3 is 9.73 Å². The summed E-state index contributed by atoms with van der Waals surface area (Å²) in [5.74, 6) is 0.368. The number of amides is 1. The van der Waals surface area contributed by atoms with Gasteiger partial charge in [-0.05, 0) is 40.8 Å². The second kappa shape index (κ2) is 8.30. The standard InChI is InChI=1S/C20H13Cl2N5O2/c21-14-8-9-16(22)17(11-14)23-20(28)18(12-15-7-4-10-29-15)27-19(24-25-26-27)13-5-2-1-3-6-13/h1-12H,(H,23,28)/b18-12+. The van der Waals surface area contributed by atoms with Gasteiger partial charge in [0.15, 0.2) is 5.82 Å². The van der Waals surface area contributed by atoms with Crippen molar-refractivity contribution >= 4 is 46.6 Å². The van der Waals surface area contributed by atoms with Crippen molar-refractivity contribution in [3.05, 3.63) is 82.7 Å². The Morgan fingerprint density at radius 3 is 2.66 bits per heavy atom. The molecule has 7 nitrogen and oxygen atoms in total. The summed E-state index contributed by atoms with van der Waals surface area (Å²) < 4.78 is 6.70. The van der Waals surface area contributed by atoms with Gasteiger partial charge in [0.1, 0.15) is 11.5 Å². The number of anilines is 1. The molecule has 4 aromatic rings. The molecule has 4 rings (SSSR count). The fourth-order valence-corrected chi connectivity index (χ4v) is 2.96. The summed E-state index contributed by atoms with van der Waals surface area (Å²) in [6.07, 6.45) is 3.05. The molecule has 0 aliphatic rings. The number of carbonyl (C=O) groups excluding carboxylic acids is 1. The fourth-order valence-electron chi connectivity index (χ4n) is 2.63. The second-order valence-electron chi connectivity index (χ2n) is 5.90. The monoisotopic (exact) mass is 425 g/mol. The summed E-state index contributed by atoms with van der Waals surface area (Å²) in [5, 5.41) is 15.3. The first-order chi connectivity index (χ1) is 14.1. The highest BCUT2D eigenvalue weighted by molar-refractivity contribution is 6.36. The van der Waals surface area contributed by atoms with Gasteiger partial charge in [0.2, 0.25) is 0 Å². The zero-order valence-electron chi connectivity index (χ0n) is 14.8. The van der Waals surface area contributed by atoms with E-state index in [4.69, 9.17) is 27.6 Å². The summed E-state index contributed by atoms with van der Waals surface area (Å²) in [6, 6.07) is 17.5. The Balaban J connectivity index is 1.77. The van der Waals surface area contributed by atoms with Crippen molar-refractivity contribution in [1.29, 1.82) is 0 Å². The van der Waals surface area contributed by atoms with E-state index in [-0.39, 0.29) is 5.70 Å². The van der Waals surface area contributed by atoms with Crippen LogP contribution in [0.3, 0.4) is 0 Å². The third kappa shape index (κ3) is 4.21. The molecule has 0 atom stereocenters. The third-order valence-corrected chi connectivity index (χ3v) is 4.53. The van der Waals surface area contributed by atoms with E-state index >= 15 is 0 Å². The molecule has 0 aliphatic heterocycles. The molecule has 0 spiro atoms. The summed E-state index contributed by atoms with van der Waals surface area (Å²) in [5.41, 5.74) is 1.25. The van der Waals surface area contributed by atoms with Crippen LogP contribution in [0.25, 0.3) is 23.2 Å². The van der Waals surface area contributed by atoms with Crippen LogP contribution < -0.4 is 5.32 Å². The molecule has 9 heteroatoms. The Bertz CT molecular complexity index is 1170. The predicted molar refractivity (Wildman–Crippen MR) is 111 cm³/mol. The van der Waals surface area contributed by atoms with E-state index in [1.807, 2.05) is 30.3 Å². The molecule has 2 aromatic carbocycles. The summed E-state index contributed by atoms with van der Waals surface area (Å²) in [4.78, 5) is 13.1. The van der Waals surface area contributed by atoms with Gasteiger partial charge >= 0.3 is 0 Å². The summed E-state index contributed by atoms with van der Waals surface area (Å²) in [7, 11) is 0. The predicted octanol–water partition coefficient (Wildman–Crippen LogP) is 4.88. The quantitative estimate of drug-likeness (QED) is 0.460. The number of furan rings is 1. The Labute approximate surface area is 175 Å². The van der Waals surface area contributed by atoms with Crippen LogP contribution in [0.15, 0.2) is 71.3 Å². The van der Waals surface area contributed by atoms with Gasteiger partial charge in [0.05, 0.1) is 17.0 Å². The Morgan fingerprint density at radius 1 is 1.07 bits per heavy atom. The zero-order valence-corrected chi connectivity index (χ0v) is 16.3. The highest BCUT2D eigenvalue weighted by Crippen LogP contribution is 2.27. The molecule has 0 aliphatic carbocycles. The molecular formula is C20H13Cl2N5O2. The average Bonchev–Trinajstić information content (AvgIpc) is 3.41. The highest BCUT2D eigenvalue weighted by atomic mass is 35.5. The van der Waals surface area contributed by atoms with E-state index in [9.17, 15) is 4.79 Å². The van der Waals surface area contributed by atoms with E-state index < -0.39 is 5.91 Å². The molecule has 0 saturated carbocycles. The zero-order chi connectivity index (χ0) is 20.2. The van der Waals surface area contributed by atoms with E-state index in [0.29, 0.717) is 27.3 Å². The van der Waals surface area contributed by atoms with E-state index in [0.717, 1.165) is 5.56 Å². The van der Waals surface area contributed by atoms with Crippen LogP contribution in [-0.2, 0) is 4.79 Å². The second-order valence-corrected chi connectivity index (χ2v) is 6.75. The van der Waals surface area contributed by atoms with E-state index in [1.54, 1.807) is 30.3 Å². The largest absolute Gasteiger partial charge is 0.465 e. The van der Waals surface area contributed by atoms with Gasteiger partial charge in [-0.3, -0.25) is 4.79 Å². The molecule has 0 fully saturated rings. The third-order valence-electron chi connectivity index (χ3n) is 3.96. The maximum Gasteiger partial charge on any atom is 0.274 e. The fraction of sp³-hybridized carbons (Fsp3) is 0. The SMILES string of the molecule is O=C(Nc1cc(Cl)ccc1Cl)/C(=C\c1ccco1)n1nnnc1-c1ccccc1. The number of halogens is 2. The Kier molecular flexibility index (Phi) is 5.41. The highest BCUT2D eigenvalue weighted by Gasteiger charge is 2.20. The molecule has 2 heterocycles. The van der Waals surface area contributed by atoms with E-state index in [1.165, 1.54) is 17.0 Å². The summed E-state index contributed by atoms with van der Waals surface area (Å²) in [6.45, 7) is 0. The van der Waals surface area contributed by atoms with Crippen molar-refractivity contribution in [2.75, 3.05) is 5.32 Å². The molecule has 144 valence electrons. The minimum absolute atomic E-state index is 0.139. The number of hydrogen-bond acceptors (Lipinski definition) is 5. The van der Waals surface area contributed by atoms with Gasteiger partial charge in [0.25, 0.3) is 5.91 Å². The average molecular weight is 426 g/mol. The first kappa shape index (κ1) is 18.9. The number of nitrogens with one attached hydrogen (secondary N) is 1.